The molecule has 1 N–H and O–H groups in total. The van der Waals surface area contributed by atoms with Gasteiger partial charge in [0.2, 0.25) is 5.91 Å². The summed E-state index contributed by atoms with van der Waals surface area (Å²) in [6.07, 6.45) is 3.02. The number of carbonyl (C=O) groups is 1. The average molecular weight is 409 g/mol. The first-order chi connectivity index (χ1) is 14.0. The lowest BCUT2D eigenvalue weighted by Gasteiger charge is -2.05. The Morgan fingerprint density at radius 1 is 1.21 bits per heavy atom. The molecule has 0 aliphatic rings. The normalized spacial score (nSPS) is 11.0. The minimum absolute atomic E-state index is 0.300. The highest BCUT2D eigenvalue weighted by Crippen LogP contribution is 2.27. The van der Waals surface area contributed by atoms with Crippen molar-refractivity contribution in [3.8, 4) is 0 Å². The van der Waals surface area contributed by atoms with E-state index in [9.17, 15) is 14.0 Å². The van der Waals surface area contributed by atoms with Gasteiger partial charge in [-0.1, -0.05) is 36.0 Å². The van der Waals surface area contributed by atoms with Gasteiger partial charge < -0.3 is 5.32 Å². The Bertz CT molecular complexity index is 1250. The number of anilines is 1. The second kappa shape index (κ2) is 7.88. The first-order valence-corrected chi connectivity index (χ1v) is 9.56. The van der Waals surface area contributed by atoms with Crippen molar-refractivity contribution in [2.75, 3.05) is 5.32 Å². The van der Waals surface area contributed by atoms with E-state index in [0.29, 0.717) is 21.9 Å². The van der Waals surface area contributed by atoms with Gasteiger partial charge in [-0.15, -0.1) is 5.10 Å². The van der Waals surface area contributed by atoms with E-state index < -0.39 is 17.4 Å². The van der Waals surface area contributed by atoms with Gasteiger partial charge in [0.1, 0.15) is 17.4 Å². The summed E-state index contributed by atoms with van der Waals surface area (Å²) in [7, 11) is 0. The van der Waals surface area contributed by atoms with E-state index in [1.54, 1.807) is 19.1 Å². The Morgan fingerprint density at radius 2 is 2.00 bits per heavy atom. The molecule has 0 aliphatic carbocycles. The molecule has 2 aromatic heterocycles. The second-order valence-corrected chi connectivity index (χ2v) is 7.36. The summed E-state index contributed by atoms with van der Waals surface area (Å²) < 4.78 is 16.1. The van der Waals surface area contributed by atoms with E-state index in [1.165, 1.54) is 34.6 Å². The summed E-state index contributed by atoms with van der Waals surface area (Å²) in [6, 6.07) is 14.0. The number of halogens is 1. The Labute approximate surface area is 169 Å². The maximum Gasteiger partial charge on any atom is 0.350 e. The van der Waals surface area contributed by atoms with Crippen LogP contribution in [0.5, 0.6) is 0 Å². The number of hydrogen-bond donors (Lipinski definition) is 1. The van der Waals surface area contributed by atoms with E-state index in [-0.39, 0.29) is 6.54 Å². The van der Waals surface area contributed by atoms with Gasteiger partial charge in [0, 0.05) is 23.0 Å². The highest BCUT2D eigenvalue weighted by Gasteiger charge is 2.15. The predicted octanol–water partition coefficient (Wildman–Crippen LogP) is 3.13. The van der Waals surface area contributed by atoms with Crippen LogP contribution in [0.4, 0.5) is 10.1 Å². The van der Waals surface area contributed by atoms with Crippen LogP contribution >= 0.6 is 11.8 Å². The standard InChI is InChI=1S/C20H16FN5O2S/c1-13-7-8-14(11-16(13)21)23-17(27)12-26-20(28)25-10-9-22-19(18(25)24-26)29-15-5-3-2-4-6-15/h2-11H,12H2,1H3,(H,23,27). The smallest absolute Gasteiger partial charge is 0.324 e. The quantitative estimate of drug-likeness (QED) is 0.548. The molecule has 0 saturated carbocycles. The molecular formula is C20H16FN5O2S. The van der Waals surface area contributed by atoms with Crippen molar-refractivity contribution in [1.29, 1.82) is 0 Å². The summed E-state index contributed by atoms with van der Waals surface area (Å²) in [6.45, 7) is 1.34. The van der Waals surface area contributed by atoms with Crippen molar-refractivity contribution in [2.45, 2.75) is 23.4 Å². The molecule has 0 radical (unpaired) electrons. The lowest BCUT2D eigenvalue weighted by Crippen LogP contribution is -2.28. The molecule has 0 saturated heterocycles. The van der Waals surface area contributed by atoms with Crippen molar-refractivity contribution in [3.63, 3.8) is 0 Å². The van der Waals surface area contributed by atoms with Crippen LogP contribution in [0, 0.1) is 12.7 Å². The molecule has 0 spiro atoms. The Balaban J connectivity index is 1.58. The summed E-state index contributed by atoms with van der Waals surface area (Å²) in [5, 5.41) is 7.40. The van der Waals surface area contributed by atoms with Crippen LogP contribution in [0.3, 0.4) is 0 Å². The fourth-order valence-electron chi connectivity index (χ4n) is 2.71. The van der Waals surface area contributed by atoms with Gasteiger partial charge in [-0.25, -0.2) is 23.3 Å². The molecule has 146 valence electrons. The maximum absolute atomic E-state index is 13.7. The minimum Gasteiger partial charge on any atom is -0.324 e. The number of aromatic nitrogens is 4. The van der Waals surface area contributed by atoms with E-state index in [0.717, 1.165) is 9.58 Å². The highest BCUT2D eigenvalue weighted by atomic mass is 32.2. The fourth-order valence-corrected chi connectivity index (χ4v) is 3.57. The number of fused-ring (bicyclic) bond motifs is 1. The molecule has 7 nitrogen and oxygen atoms in total. The van der Waals surface area contributed by atoms with Crippen molar-refractivity contribution in [3.05, 3.63) is 82.8 Å². The van der Waals surface area contributed by atoms with Gasteiger partial charge in [-0.3, -0.25) is 4.79 Å². The van der Waals surface area contributed by atoms with Gasteiger partial charge in [-0.05, 0) is 36.8 Å². The highest BCUT2D eigenvalue weighted by molar-refractivity contribution is 7.99. The SMILES string of the molecule is Cc1ccc(NC(=O)Cn2nc3c(Sc4ccccc4)nccn3c2=O)cc1F. The zero-order valence-corrected chi connectivity index (χ0v) is 16.2. The number of benzene rings is 2. The third kappa shape index (κ3) is 4.04. The van der Waals surface area contributed by atoms with E-state index in [2.05, 4.69) is 15.4 Å². The van der Waals surface area contributed by atoms with Crippen molar-refractivity contribution in [2.24, 2.45) is 0 Å². The summed E-state index contributed by atoms with van der Waals surface area (Å²) in [5.41, 5.74) is 0.704. The van der Waals surface area contributed by atoms with Crippen LogP contribution in [0.15, 0.2) is 75.6 Å². The van der Waals surface area contributed by atoms with Gasteiger partial charge in [0.05, 0.1) is 0 Å². The number of carbonyl (C=O) groups excluding carboxylic acids is 1. The van der Waals surface area contributed by atoms with Crippen LogP contribution in [0.2, 0.25) is 0 Å². The van der Waals surface area contributed by atoms with Crippen molar-refractivity contribution >= 4 is 29.0 Å². The summed E-state index contributed by atoms with van der Waals surface area (Å²) in [4.78, 5) is 30.2. The molecule has 0 bridgehead atoms. The lowest BCUT2D eigenvalue weighted by atomic mass is 10.2. The Morgan fingerprint density at radius 3 is 2.76 bits per heavy atom. The van der Waals surface area contributed by atoms with Gasteiger partial charge in [0.25, 0.3) is 0 Å². The molecule has 0 fully saturated rings. The number of amides is 1. The first-order valence-electron chi connectivity index (χ1n) is 8.74. The number of nitrogens with one attached hydrogen (secondary N) is 1. The molecule has 9 heteroatoms. The summed E-state index contributed by atoms with van der Waals surface area (Å²) >= 11 is 1.37. The third-order valence-electron chi connectivity index (χ3n) is 4.18. The molecule has 2 heterocycles. The van der Waals surface area contributed by atoms with Crippen LogP contribution in [0.25, 0.3) is 5.65 Å². The van der Waals surface area contributed by atoms with Crippen LogP contribution in [0.1, 0.15) is 5.56 Å². The number of nitrogens with zero attached hydrogens (tertiary/aromatic N) is 4. The topological polar surface area (TPSA) is 81.3 Å². The maximum atomic E-state index is 13.7. The monoisotopic (exact) mass is 409 g/mol. The van der Waals surface area contributed by atoms with Crippen LogP contribution < -0.4 is 11.0 Å². The first kappa shape index (κ1) is 18.9. The molecule has 0 aliphatic heterocycles. The lowest BCUT2D eigenvalue weighted by molar-refractivity contribution is -0.117. The molecule has 0 unspecified atom stereocenters. The third-order valence-corrected chi connectivity index (χ3v) is 5.17. The van der Waals surface area contributed by atoms with Gasteiger partial charge >= 0.3 is 5.69 Å². The molecule has 0 atom stereocenters. The zero-order chi connectivity index (χ0) is 20.4. The van der Waals surface area contributed by atoms with E-state index >= 15 is 0 Å². The molecule has 4 aromatic rings. The summed E-state index contributed by atoms with van der Waals surface area (Å²) in [5.74, 6) is -0.898. The zero-order valence-electron chi connectivity index (χ0n) is 15.4. The van der Waals surface area contributed by atoms with E-state index in [1.807, 2.05) is 30.3 Å². The molecule has 2 aromatic carbocycles. The van der Waals surface area contributed by atoms with Crippen molar-refractivity contribution in [1.82, 2.24) is 19.2 Å². The predicted molar refractivity (Wildman–Crippen MR) is 108 cm³/mol. The molecule has 4 rings (SSSR count). The van der Waals surface area contributed by atoms with Crippen molar-refractivity contribution < 1.29 is 9.18 Å². The average Bonchev–Trinajstić information content (AvgIpc) is 3.02. The fraction of sp³-hybridized carbons (Fsp3) is 0.100. The minimum atomic E-state index is -0.482. The second-order valence-electron chi connectivity index (χ2n) is 6.29. The van der Waals surface area contributed by atoms with E-state index in [4.69, 9.17) is 0 Å². The van der Waals surface area contributed by atoms with Crippen LogP contribution in [-0.4, -0.2) is 25.1 Å². The molecule has 29 heavy (non-hydrogen) atoms. The Hall–Kier alpha value is -3.46. The molecule has 1 amide bonds. The number of aryl methyl sites for hydroxylation is 1. The number of hydrogen-bond acceptors (Lipinski definition) is 5. The largest absolute Gasteiger partial charge is 0.350 e. The Kier molecular flexibility index (Phi) is 5.13. The van der Waals surface area contributed by atoms with Gasteiger partial charge in [0.15, 0.2) is 5.65 Å². The number of rotatable bonds is 5. The van der Waals surface area contributed by atoms with Crippen LogP contribution in [-0.2, 0) is 11.3 Å². The molecular weight excluding hydrogens is 393 g/mol. The van der Waals surface area contributed by atoms with Gasteiger partial charge in [-0.2, -0.15) is 0 Å².